The second-order valence-electron chi connectivity index (χ2n) is 6.05. The Morgan fingerprint density at radius 1 is 0.769 bits per heavy atom. The normalized spacial score (nSPS) is 15.5. The van der Waals surface area contributed by atoms with E-state index >= 15 is 0 Å². The molecule has 0 unspecified atom stereocenters. The molecular weight excluding hydrogens is 388 g/mol. The van der Waals surface area contributed by atoms with Crippen LogP contribution in [0.2, 0.25) is 0 Å². The Morgan fingerprint density at radius 2 is 1.23 bits per heavy atom. The molecule has 0 aliphatic carbocycles. The molecule has 3 rings (SSSR count). The summed E-state index contributed by atoms with van der Waals surface area (Å²) in [7, 11) is 3.84. The minimum absolute atomic E-state index is 0.497. The van der Waals surface area contributed by atoms with Gasteiger partial charge in [0.25, 0.3) is 5.91 Å². The number of aliphatic imine (C=N–C) groups is 1. The lowest BCUT2D eigenvalue weighted by atomic mass is 10.2. The van der Waals surface area contributed by atoms with Crippen LogP contribution in [-0.2, 0) is 13.1 Å². The fourth-order valence-electron chi connectivity index (χ4n) is 2.55. The van der Waals surface area contributed by atoms with Crippen molar-refractivity contribution in [2.24, 2.45) is 14.5 Å². The minimum Gasteiger partial charge on any atom is -0.339 e. The summed E-state index contributed by atoms with van der Waals surface area (Å²) in [6.07, 6.45) is 0. The van der Waals surface area contributed by atoms with Crippen LogP contribution in [0.4, 0.5) is 0 Å². The van der Waals surface area contributed by atoms with Gasteiger partial charge in [0.2, 0.25) is 11.9 Å². The lowest BCUT2D eigenvalue weighted by Crippen LogP contribution is -2.31. The van der Waals surface area contributed by atoms with Crippen molar-refractivity contribution in [1.82, 2.24) is 9.80 Å². The van der Waals surface area contributed by atoms with Gasteiger partial charge in [-0.2, -0.15) is 14.5 Å². The highest BCUT2D eigenvalue weighted by Crippen LogP contribution is 2.63. The molecule has 0 spiro atoms. The quantitative estimate of drug-likeness (QED) is 0.636. The molecule has 0 radical (unpaired) electrons. The van der Waals surface area contributed by atoms with Crippen LogP contribution in [0.15, 0.2) is 75.2 Å². The Kier molecular flexibility index (Phi) is 6.02. The minimum atomic E-state index is -2.82. The number of hydrogen-bond acceptors (Lipinski definition) is 5. The fourth-order valence-corrected chi connectivity index (χ4v) is 4.23. The van der Waals surface area contributed by atoms with Crippen molar-refractivity contribution in [3.8, 4) is 0 Å². The van der Waals surface area contributed by atoms with Gasteiger partial charge in [0, 0.05) is 27.2 Å². The molecule has 1 aliphatic rings. The van der Waals surface area contributed by atoms with Crippen LogP contribution in [0.5, 0.6) is 0 Å². The van der Waals surface area contributed by atoms with Gasteiger partial charge in [-0.3, -0.25) is 0 Å². The average molecular weight is 408 g/mol. The molecule has 2 aromatic rings. The predicted molar refractivity (Wildman–Crippen MR) is 112 cm³/mol. The maximum Gasteiger partial charge on any atom is 0.259 e. The number of rotatable bonds is 4. The largest absolute Gasteiger partial charge is 0.339 e. The number of guanidine groups is 2. The van der Waals surface area contributed by atoms with Crippen molar-refractivity contribution >= 4 is 40.3 Å². The summed E-state index contributed by atoms with van der Waals surface area (Å²) in [5.41, 5.74) is 2.31. The molecule has 0 aromatic heterocycles. The van der Waals surface area contributed by atoms with Crippen LogP contribution < -0.4 is 0 Å². The lowest BCUT2D eigenvalue weighted by Gasteiger charge is -2.25. The lowest BCUT2D eigenvalue weighted by molar-refractivity contribution is 0.480. The van der Waals surface area contributed by atoms with E-state index in [9.17, 15) is 0 Å². The van der Waals surface area contributed by atoms with Gasteiger partial charge in [0.15, 0.2) is 0 Å². The molecular formula is C18H20Cl2N5P. The number of benzene rings is 2. The molecule has 5 nitrogen and oxygen atoms in total. The van der Waals surface area contributed by atoms with Gasteiger partial charge >= 0.3 is 0 Å². The Hall–Kier alpha value is -1.81. The van der Waals surface area contributed by atoms with Crippen molar-refractivity contribution in [3.05, 3.63) is 71.8 Å². The van der Waals surface area contributed by atoms with Crippen molar-refractivity contribution < 1.29 is 0 Å². The van der Waals surface area contributed by atoms with Gasteiger partial charge in [-0.1, -0.05) is 60.7 Å². The molecule has 1 aliphatic heterocycles. The first-order valence-corrected chi connectivity index (χ1v) is 11.6. The SMILES string of the molecule is CN(Cc1ccccc1)C1=NC(N(C)Cc2ccccc2)=NP(Cl)(Cl)=N1. The average Bonchev–Trinajstić information content (AvgIpc) is 2.62. The Balaban J connectivity index is 1.80. The molecule has 0 saturated heterocycles. The third kappa shape index (κ3) is 5.10. The van der Waals surface area contributed by atoms with Gasteiger partial charge in [-0.25, -0.2) is 0 Å². The van der Waals surface area contributed by atoms with Crippen LogP contribution >= 0.6 is 28.4 Å². The van der Waals surface area contributed by atoms with Crippen molar-refractivity contribution in [1.29, 1.82) is 0 Å². The summed E-state index contributed by atoms with van der Waals surface area (Å²) >= 11 is 12.7. The molecule has 0 N–H and O–H groups in total. The van der Waals surface area contributed by atoms with Crippen LogP contribution in [0.3, 0.4) is 0 Å². The van der Waals surface area contributed by atoms with E-state index in [0.717, 1.165) is 11.1 Å². The first-order valence-electron chi connectivity index (χ1n) is 8.14. The first-order chi connectivity index (χ1) is 12.4. The van der Waals surface area contributed by atoms with Gasteiger partial charge in [0.1, 0.15) is 0 Å². The second-order valence-corrected chi connectivity index (χ2v) is 10.7. The number of nitrogens with zero attached hydrogens (tertiary/aromatic N) is 5. The zero-order valence-corrected chi connectivity index (χ0v) is 17.0. The summed E-state index contributed by atoms with van der Waals surface area (Å²) in [6.45, 7) is 1.32. The van der Waals surface area contributed by atoms with E-state index in [4.69, 9.17) is 22.5 Å². The highest BCUT2D eigenvalue weighted by atomic mass is 35.9. The van der Waals surface area contributed by atoms with E-state index in [-0.39, 0.29) is 0 Å². The highest BCUT2D eigenvalue weighted by molar-refractivity contribution is 8.09. The molecule has 2 aromatic carbocycles. The standard InChI is InChI=1S/C18H20Cl2N5P/c1-24(13-15-9-5-3-6-10-15)17-21-18(23-26(19,20)22-17)25(2)14-16-11-7-4-8-12-16/h3-12H,13-14H2,1-2H3. The summed E-state index contributed by atoms with van der Waals surface area (Å²) in [6, 6.07) is 20.2. The summed E-state index contributed by atoms with van der Waals surface area (Å²) in [5, 5.41) is 0. The van der Waals surface area contributed by atoms with Crippen LogP contribution in [0.25, 0.3) is 0 Å². The van der Waals surface area contributed by atoms with Crippen LogP contribution in [0.1, 0.15) is 11.1 Å². The molecule has 136 valence electrons. The molecule has 0 atom stereocenters. The summed E-state index contributed by atoms with van der Waals surface area (Å²) < 4.78 is 8.71. The molecule has 0 amide bonds. The van der Waals surface area contributed by atoms with Gasteiger partial charge in [-0.15, -0.1) is 0 Å². The molecule has 0 bridgehead atoms. The van der Waals surface area contributed by atoms with E-state index < -0.39 is 5.91 Å². The smallest absolute Gasteiger partial charge is 0.259 e. The van der Waals surface area contributed by atoms with E-state index in [2.05, 4.69) is 38.8 Å². The molecule has 0 saturated carbocycles. The third-order valence-corrected chi connectivity index (χ3v) is 5.57. The van der Waals surface area contributed by atoms with Crippen molar-refractivity contribution in [2.45, 2.75) is 13.1 Å². The zero-order chi connectivity index (χ0) is 18.6. The van der Waals surface area contributed by atoms with Gasteiger partial charge < -0.3 is 9.80 Å². The molecule has 8 heteroatoms. The number of halogens is 2. The Bertz CT molecular complexity index is 813. The van der Waals surface area contributed by atoms with Crippen LogP contribution in [0, 0.1) is 0 Å². The third-order valence-electron chi connectivity index (χ3n) is 3.83. The maximum absolute atomic E-state index is 6.34. The monoisotopic (exact) mass is 407 g/mol. The zero-order valence-electron chi connectivity index (χ0n) is 14.6. The van der Waals surface area contributed by atoms with Gasteiger partial charge in [0.05, 0.1) is 0 Å². The van der Waals surface area contributed by atoms with Crippen molar-refractivity contribution in [3.63, 3.8) is 0 Å². The van der Waals surface area contributed by atoms with E-state index in [1.165, 1.54) is 0 Å². The predicted octanol–water partition coefficient (Wildman–Crippen LogP) is 5.40. The number of hydrogen-bond donors (Lipinski definition) is 0. The maximum atomic E-state index is 6.34. The molecule has 0 fully saturated rings. The van der Waals surface area contributed by atoms with Crippen LogP contribution in [-0.4, -0.2) is 35.8 Å². The van der Waals surface area contributed by atoms with Crippen molar-refractivity contribution in [2.75, 3.05) is 14.1 Å². The Labute approximate surface area is 163 Å². The fraction of sp³-hybridized carbons (Fsp3) is 0.222. The van der Waals surface area contributed by atoms with Gasteiger partial charge in [-0.05, 0) is 33.6 Å². The van der Waals surface area contributed by atoms with E-state index in [1.807, 2.05) is 60.3 Å². The van der Waals surface area contributed by atoms with E-state index in [1.54, 1.807) is 0 Å². The topological polar surface area (TPSA) is 43.6 Å². The summed E-state index contributed by atoms with van der Waals surface area (Å²) in [4.78, 5) is 8.44. The van der Waals surface area contributed by atoms with E-state index in [0.29, 0.717) is 25.0 Å². The highest BCUT2D eigenvalue weighted by Gasteiger charge is 2.23. The molecule has 26 heavy (non-hydrogen) atoms. The first kappa shape index (κ1) is 19.0. The summed E-state index contributed by atoms with van der Waals surface area (Å²) in [5.74, 6) is -1.83. The molecule has 1 heterocycles. The second kappa shape index (κ2) is 8.26. The Morgan fingerprint density at radius 3 is 1.73 bits per heavy atom.